The molecule has 0 saturated heterocycles. The average molecular weight is 276 g/mol. The number of benzene rings is 1. The van der Waals surface area contributed by atoms with Gasteiger partial charge in [0, 0.05) is 17.1 Å². The third-order valence-electron chi connectivity index (χ3n) is 2.63. The summed E-state index contributed by atoms with van der Waals surface area (Å²) in [4.78, 5) is 1.38. The van der Waals surface area contributed by atoms with E-state index < -0.39 is 0 Å². The Morgan fingerprint density at radius 2 is 2.06 bits per heavy atom. The maximum atomic E-state index is 5.27. The highest BCUT2D eigenvalue weighted by atomic mass is 32.1. The molecule has 18 heavy (non-hydrogen) atoms. The van der Waals surface area contributed by atoms with Gasteiger partial charge in [0.1, 0.15) is 0 Å². The first-order valence-corrected chi connectivity index (χ1v) is 7.17. The molecule has 2 aromatic rings. The molecule has 0 aliphatic carbocycles. The van der Waals surface area contributed by atoms with Crippen LogP contribution < -0.4 is 10.6 Å². The Kier molecular flexibility index (Phi) is 4.73. The molecule has 0 fully saturated rings. The molecule has 0 aliphatic rings. The summed E-state index contributed by atoms with van der Waals surface area (Å²) in [6.07, 6.45) is 1.01. The van der Waals surface area contributed by atoms with Crippen molar-refractivity contribution in [1.82, 2.24) is 5.32 Å². The van der Waals surface area contributed by atoms with Crippen molar-refractivity contribution < 1.29 is 0 Å². The second-order valence-corrected chi connectivity index (χ2v) is 5.47. The number of thiophene rings is 1. The molecule has 4 heteroatoms. The zero-order chi connectivity index (χ0) is 12.8. The molecular formula is C14H16N2S2. The van der Waals surface area contributed by atoms with Crippen molar-refractivity contribution in [2.45, 2.75) is 13.3 Å². The molecule has 2 rings (SSSR count). The van der Waals surface area contributed by atoms with E-state index in [4.69, 9.17) is 12.2 Å². The van der Waals surface area contributed by atoms with E-state index in [9.17, 15) is 0 Å². The summed E-state index contributed by atoms with van der Waals surface area (Å²) in [7, 11) is 0. The number of thiocarbonyl (C=S) groups is 1. The quantitative estimate of drug-likeness (QED) is 0.835. The van der Waals surface area contributed by atoms with Crippen LogP contribution in [0.15, 0.2) is 41.8 Å². The summed E-state index contributed by atoms with van der Waals surface area (Å²) in [6, 6.07) is 12.3. The van der Waals surface area contributed by atoms with Gasteiger partial charge in [0.25, 0.3) is 0 Å². The molecule has 0 aliphatic heterocycles. The first-order chi connectivity index (χ1) is 8.75. The van der Waals surface area contributed by atoms with Crippen molar-refractivity contribution in [2.24, 2.45) is 0 Å². The van der Waals surface area contributed by atoms with Crippen molar-refractivity contribution in [1.29, 1.82) is 0 Å². The third-order valence-corrected chi connectivity index (χ3v) is 3.81. The zero-order valence-electron chi connectivity index (χ0n) is 10.3. The molecule has 2 N–H and O–H groups in total. The van der Waals surface area contributed by atoms with Gasteiger partial charge >= 0.3 is 0 Å². The van der Waals surface area contributed by atoms with Crippen LogP contribution in [-0.4, -0.2) is 11.7 Å². The molecule has 94 valence electrons. The van der Waals surface area contributed by atoms with Crippen molar-refractivity contribution in [3.05, 3.63) is 52.2 Å². The van der Waals surface area contributed by atoms with Crippen LogP contribution in [0.4, 0.5) is 5.69 Å². The molecule has 0 amide bonds. The molecule has 0 bridgehead atoms. The maximum Gasteiger partial charge on any atom is 0.170 e. The Labute approximate surface area is 117 Å². The highest BCUT2D eigenvalue weighted by molar-refractivity contribution is 7.80. The summed E-state index contributed by atoms with van der Waals surface area (Å²) in [6.45, 7) is 2.93. The second kappa shape index (κ2) is 6.52. The Bertz CT molecular complexity index is 506. The molecule has 0 saturated carbocycles. The Morgan fingerprint density at radius 1 is 1.22 bits per heavy atom. The number of hydrogen-bond acceptors (Lipinski definition) is 2. The standard InChI is InChI=1S/C14H16N2S2/c1-11-5-2-3-7-13(11)16-14(17)15-9-8-12-6-4-10-18-12/h2-7,10H,8-9H2,1H3,(H2,15,16,17). The lowest BCUT2D eigenvalue weighted by Gasteiger charge is -2.11. The normalized spacial score (nSPS) is 10.1. The van der Waals surface area contributed by atoms with E-state index in [1.807, 2.05) is 18.2 Å². The number of para-hydroxylation sites is 1. The summed E-state index contributed by atoms with van der Waals surface area (Å²) < 4.78 is 0. The van der Waals surface area contributed by atoms with Gasteiger partial charge in [0.2, 0.25) is 0 Å². The largest absolute Gasteiger partial charge is 0.362 e. The molecule has 0 atom stereocenters. The minimum absolute atomic E-state index is 0.681. The molecule has 2 nitrogen and oxygen atoms in total. The van der Waals surface area contributed by atoms with Gasteiger partial charge in [-0.15, -0.1) is 11.3 Å². The highest BCUT2D eigenvalue weighted by Crippen LogP contribution is 2.12. The Balaban J connectivity index is 1.77. The molecule has 1 aromatic heterocycles. The lowest BCUT2D eigenvalue weighted by Crippen LogP contribution is -2.30. The third kappa shape index (κ3) is 3.82. The number of nitrogens with one attached hydrogen (secondary N) is 2. The second-order valence-electron chi connectivity index (χ2n) is 4.03. The summed E-state index contributed by atoms with van der Waals surface area (Å²) in [5, 5.41) is 9.22. The van der Waals surface area contributed by atoms with Crippen molar-refractivity contribution >= 4 is 34.4 Å². The van der Waals surface area contributed by atoms with Crippen molar-refractivity contribution in [3.63, 3.8) is 0 Å². The van der Waals surface area contributed by atoms with Gasteiger partial charge in [-0.2, -0.15) is 0 Å². The van der Waals surface area contributed by atoms with Crippen LogP contribution >= 0.6 is 23.6 Å². The maximum absolute atomic E-state index is 5.27. The van der Waals surface area contributed by atoms with Crippen LogP contribution in [0, 0.1) is 6.92 Å². The fraction of sp³-hybridized carbons (Fsp3) is 0.214. The minimum Gasteiger partial charge on any atom is -0.362 e. The molecule has 0 spiro atoms. The molecular weight excluding hydrogens is 260 g/mol. The van der Waals surface area contributed by atoms with E-state index in [1.54, 1.807) is 11.3 Å². The molecule has 1 aromatic carbocycles. The van der Waals surface area contributed by atoms with Crippen molar-refractivity contribution in [2.75, 3.05) is 11.9 Å². The van der Waals surface area contributed by atoms with Gasteiger partial charge in [0.05, 0.1) is 0 Å². The first kappa shape index (κ1) is 13.1. The van der Waals surface area contributed by atoms with Gasteiger partial charge in [-0.3, -0.25) is 0 Å². The fourth-order valence-corrected chi connectivity index (χ4v) is 2.55. The van der Waals surface area contributed by atoms with Gasteiger partial charge in [-0.05, 0) is 48.6 Å². The van der Waals surface area contributed by atoms with Gasteiger partial charge in [-0.1, -0.05) is 24.3 Å². The monoisotopic (exact) mass is 276 g/mol. The smallest absolute Gasteiger partial charge is 0.170 e. The SMILES string of the molecule is Cc1ccccc1NC(=S)NCCc1cccs1. The lowest BCUT2D eigenvalue weighted by molar-refractivity contribution is 0.885. The van der Waals surface area contributed by atoms with Gasteiger partial charge in [0.15, 0.2) is 5.11 Å². The van der Waals surface area contributed by atoms with Crippen LogP contribution in [0.25, 0.3) is 0 Å². The number of anilines is 1. The van der Waals surface area contributed by atoms with Crippen LogP contribution in [0.2, 0.25) is 0 Å². The number of hydrogen-bond donors (Lipinski definition) is 2. The minimum atomic E-state index is 0.681. The predicted octanol–water partition coefficient (Wildman–Crippen LogP) is 3.59. The molecule has 0 radical (unpaired) electrons. The van der Waals surface area contributed by atoms with Gasteiger partial charge in [-0.25, -0.2) is 0 Å². The molecule has 1 heterocycles. The van der Waals surface area contributed by atoms with E-state index in [1.165, 1.54) is 10.4 Å². The zero-order valence-corrected chi connectivity index (χ0v) is 11.9. The first-order valence-electron chi connectivity index (χ1n) is 5.88. The summed E-state index contributed by atoms with van der Waals surface area (Å²) >= 11 is 7.05. The van der Waals surface area contributed by atoms with E-state index in [-0.39, 0.29) is 0 Å². The summed E-state index contributed by atoms with van der Waals surface area (Å²) in [5.41, 5.74) is 2.26. The van der Waals surface area contributed by atoms with E-state index >= 15 is 0 Å². The van der Waals surface area contributed by atoms with Crippen LogP contribution in [0.1, 0.15) is 10.4 Å². The Morgan fingerprint density at radius 3 is 2.78 bits per heavy atom. The topological polar surface area (TPSA) is 24.1 Å². The summed E-state index contributed by atoms with van der Waals surface area (Å²) in [5.74, 6) is 0. The van der Waals surface area contributed by atoms with Gasteiger partial charge < -0.3 is 10.6 Å². The Hall–Kier alpha value is -1.39. The molecule has 0 unspecified atom stereocenters. The average Bonchev–Trinajstić information content (AvgIpc) is 2.85. The van der Waals surface area contributed by atoms with Crippen LogP contribution in [0.5, 0.6) is 0 Å². The van der Waals surface area contributed by atoms with Crippen LogP contribution in [-0.2, 0) is 6.42 Å². The predicted molar refractivity (Wildman–Crippen MR) is 83.4 cm³/mol. The van der Waals surface area contributed by atoms with Crippen molar-refractivity contribution in [3.8, 4) is 0 Å². The van der Waals surface area contributed by atoms with Crippen LogP contribution in [0.3, 0.4) is 0 Å². The highest BCUT2D eigenvalue weighted by Gasteiger charge is 2.00. The van der Waals surface area contributed by atoms with E-state index in [0.717, 1.165) is 18.7 Å². The van der Waals surface area contributed by atoms with E-state index in [0.29, 0.717) is 5.11 Å². The lowest BCUT2D eigenvalue weighted by atomic mass is 10.2. The van der Waals surface area contributed by atoms with E-state index in [2.05, 4.69) is 41.1 Å². The number of aryl methyl sites for hydroxylation is 1. The number of rotatable bonds is 4. The fourth-order valence-electron chi connectivity index (χ4n) is 1.63.